The standard InChI is InChI=1S/C15H20N2O2/c1-4-13-9-14(17(3)16-13)10-19-15-7-5-6-12(8-15)11(2)18/h5-9,11,18H,4,10H2,1-3H3/t11-/m0/s1. The number of benzene rings is 1. The van der Waals surface area contributed by atoms with Gasteiger partial charge in [-0.25, -0.2) is 0 Å². The number of hydrogen-bond donors (Lipinski definition) is 1. The van der Waals surface area contributed by atoms with Gasteiger partial charge in [0.15, 0.2) is 0 Å². The van der Waals surface area contributed by atoms with Crippen molar-refractivity contribution in [2.24, 2.45) is 7.05 Å². The monoisotopic (exact) mass is 260 g/mol. The van der Waals surface area contributed by atoms with Crippen LogP contribution >= 0.6 is 0 Å². The number of hydrogen-bond acceptors (Lipinski definition) is 3. The van der Waals surface area contributed by atoms with Gasteiger partial charge in [-0.3, -0.25) is 4.68 Å². The average Bonchev–Trinajstić information content (AvgIpc) is 2.77. The summed E-state index contributed by atoms with van der Waals surface area (Å²) >= 11 is 0. The second-order valence-electron chi connectivity index (χ2n) is 4.64. The molecule has 0 unspecified atom stereocenters. The van der Waals surface area contributed by atoms with Gasteiger partial charge in [-0.1, -0.05) is 19.1 Å². The van der Waals surface area contributed by atoms with Crippen molar-refractivity contribution < 1.29 is 9.84 Å². The maximum Gasteiger partial charge on any atom is 0.130 e. The fraction of sp³-hybridized carbons (Fsp3) is 0.400. The van der Waals surface area contributed by atoms with E-state index in [1.54, 1.807) is 6.92 Å². The first-order valence-corrected chi connectivity index (χ1v) is 6.52. The largest absolute Gasteiger partial charge is 0.487 e. The molecule has 19 heavy (non-hydrogen) atoms. The zero-order valence-corrected chi connectivity index (χ0v) is 11.6. The van der Waals surface area contributed by atoms with Crippen molar-refractivity contribution in [3.8, 4) is 5.75 Å². The first kappa shape index (κ1) is 13.6. The van der Waals surface area contributed by atoms with E-state index in [4.69, 9.17) is 4.74 Å². The van der Waals surface area contributed by atoms with E-state index in [0.717, 1.165) is 29.1 Å². The summed E-state index contributed by atoms with van der Waals surface area (Å²) in [5.74, 6) is 0.762. The highest BCUT2D eigenvalue weighted by Crippen LogP contribution is 2.19. The van der Waals surface area contributed by atoms with Crippen LogP contribution in [-0.4, -0.2) is 14.9 Å². The zero-order chi connectivity index (χ0) is 13.8. The Morgan fingerprint density at radius 2 is 2.16 bits per heavy atom. The molecule has 2 aromatic rings. The Labute approximate surface area is 113 Å². The van der Waals surface area contributed by atoms with Gasteiger partial charge in [0.1, 0.15) is 12.4 Å². The summed E-state index contributed by atoms with van der Waals surface area (Å²) in [6.45, 7) is 4.31. The van der Waals surface area contributed by atoms with E-state index >= 15 is 0 Å². The maximum absolute atomic E-state index is 9.54. The van der Waals surface area contributed by atoms with Gasteiger partial charge in [-0.05, 0) is 37.1 Å². The molecule has 0 spiro atoms. The summed E-state index contributed by atoms with van der Waals surface area (Å²) in [6, 6.07) is 9.58. The first-order chi connectivity index (χ1) is 9.10. The lowest BCUT2D eigenvalue weighted by Gasteiger charge is -2.09. The van der Waals surface area contributed by atoms with E-state index < -0.39 is 6.10 Å². The lowest BCUT2D eigenvalue weighted by molar-refractivity contribution is 0.198. The first-order valence-electron chi connectivity index (χ1n) is 6.52. The highest BCUT2D eigenvalue weighted by atomic mass is 16.5. The minimum atomic E-state index is -0.480. The molecule has 0 saturated carbocycles. The molecule has 0 amide bonds. The van der Waals surface area contributed by atoms with Crippen molar-refractivity contribution in [2.75, 3.05) is 0 Å². The summed E-state index contributed by atoms with van der Waals surface area (Å²) in [5.41, 5.74) is 2.97. The normalized spacial score (nSPS) is 12.4. The molecule has 0 aliphatic carbocycles. The van der Waals surface area contributed by atoms with Crippen LogP contribution < -0.4 is 4.74 Å². The molecule has 0 aliphatic rings. The predicted octanol–water partition coefficient (Wildman–Crippen LogP) is 2.61. The van der Waals surface area contributed by atoms with Crippen molar-refractivity contribution in [1.29, 1.82) is 0 Å². The second-order valence-corrected chi connectivity index (χ2v) is 4.64. The molecule has 1 heterocycles. The van der Waals surface area contributed by atoms with Gasteiger partial charge in [-0.2, -0.15) is 5.10 Å². The van der Waals surface area contributed by atoms with Crippen LogP contribution in [0.2, 0.25) is 0 Å². The van der Waals surface area contributed by atoms with E-state index in [2.05, 4.69) is 18.1 Å². The number of ether oxygens (including phenoxy) is 1. The molecule has 1 atom stereocenters. The Morgan fingerprint density at radius 1 is 1.37 bits per heavy atom. The van der Waals surface area contributed by atoms with Crippen molar-refractivity contribution in [3.05, 3.63) is 47.3 Å². The van der Waals surface area contributed by atoms with Crippen molar-refractivity contribution in [1.82, 2.24) is 9.78 Å². The van der Waals surface area contributed by atoms with Gasteiger partial charge in [0.05, 0.1) is 17.5 Å². The third-order valence-electron chi connectivity index (χ3n) is 3.12. The molecule has 1 aromatic heterocycles. The Morgan fingerprint density at radius 3 is 2.79 bits per heavy atom. The Hall–Kier alpha value is -1.81. The summed E-state index contributed by atoms with van der Waals surface area (Å²) in [4.78, 5) is 0. The third-order valence-corrected chi connectivity index (χ3v) is 3.12. The number of aliphatic hydroxyl groups is 1. The van der Waals surface area contributed by atoms with Crippen molar-refractivity contribution >= 4 is 0 Å². The quantitative estimate of drug-likeness (QED) is 0.899. The van der Waals surface area contributed by atoms with Gasteiger partial charge in [-0.15, -0.1) is 0 Å². The van der Waals surface area contributed by atoms with E-state index in [9.17, 15) is 5.11 Å². The molecule has 0 radical (unpaired) electrons. The topological polar surface area (TPSA) is 47.3 Å². The van der Waals surface area contributed by atoms with Gasteiger partial charge in [0.2, 0.25) is 0 Å². The van der Waals surface area contributed by atoms with Crippen LogP contribution in [0.1, 0.15) is 36.9 Å². The highest BCUT2D eigenvalue weighted by molar-refractivity contribution is 5.29. The van der Waals surface area contributed by atoms with Crippen molar-refractivity contribution in [2.45, 2.75) is 33.0 Å². The van der Waals surface area contributed by atoms with E-state index in [1.807, 2.05) is 36.0 Å². The molecular formula is C15H20N2O2. The Bertz CT molecular complexity index is 547. The maximum atomic E-state index is 9.54. The molecule has 4 heteroatoms. The predicted molar refractivity (Wildman–Crippen MR) is 74.0 cm³/mol. The molecule has 0 aliphatic heterocycles. The molecule has 0 bridgehead atoms. The van der Waals surface area contributed by atoms with Crippen LogP contribution in [-0.2, 0) is 20.1 Å². The zero-order valence-electron chi connectivity index (χ0n) is 11.6. The molecular weight excluding hydrogens is 240 g/mol. The van der Waals surface area contributed by atoms with Crippen molar-refractivity contribution in [3.63, 3.8) is 0 Å². The van der Waals surface area contributed by atoms with Gasteiger partial charge in [0.25, 0.3) is 0 Å². The number of nitrogens with zero attached hydrogens (tertiary/aromatic N) is 2. The summed E-state index contributed by atoms with van der Waals surface area (Å²) in [6.07, 6.45) is 0.442. The molecule has 102 valence electrons. The molecule has 1 aromatic carbocycles. The molecule has 0 saturated heterocycles. The summed E-state index contributed by atoms with van der Waals surface area (Å²) < 4.78 is 7.59. The van der Waals surface area contributed by atoms with Gasteiger partial charge in [0, 0.05) is 7.05 Å². The minimum Gasteiger partial charge on any atom is -0.487 e. The van der Waals surface area contributed by atoms with Gasteiger partial charge < -0.3 is 9.84 Å². The fourth-order valence-corrected chi connectivity index (χ4v) is 1.90. The Balaban J connectivity index is 2.05. The molecule has 4 nitrogen and oxygen atoms in total. The van der Waals surface area contributed by atoms with Crippen LogP contribution in [0.4, 0.5) is 0 Å². The average molecular weight is 260 g/mol. The van der Waals surface area contributed by atoms with Crippen LogP contribution in [0.3, 0.4) is 0 Å². The summed E-state index contributed by atoms with van der Waals surface area (Å²) in [5, 5.41) is 13.9. The minimum absolute atomic E-state index is 0.479. The lowest BCUT2D eigenvalue weighted by atomic mass is 10.1. The fourth-order valence-electron chi connectivity index (χ4n) is 1.90. The Kier molecular flexibility index (Phi) is 4.22. The second kappa shape index (κ2) is 5.89. The third kappa shape index (κ3) is 3.35. The number of aliphatic hydroxyl groups excluding tert-OH is 1. The smallest absolute Gasteiger partial charge is 0.130 e. The van der Waals surface area contributed by atoms with Crippen LogP contribution in [0, 0.1) is 0 Å². The SMILES string of the molecule is CCc1cc(COc2cccc([C@H](C)O)c2)n(C)n1. The number of aryl methyl sites for hydroxylation is 2. The summed E-state index contributed by atoms with van der Waals surface area (Å²) in [7, 11) is 1.92. The van der Waals surface area contributed by atoms with Crippen LogP contribution in [0.15, 0.2) is 30.3 Å². The van der Waals surface area contributed by atoms with Gasteiger partial charge >= 0.3 is 0 Å². The highest BCUT2D eigenvalue weighted by Gasteiger charge is 2.06. The molecule has 2 rings (SSSR count). The number of rotatable bonds is 5. The number of aromatic nitrogens is 2. The van der Waals surface area contributed by atoms with E-state index in [0.29, 0.717) is 6.61 Å². The van der Waals surface area contributed by atoms with E-state index in [-0.39, 0.29) is 0 Å². The molecule has 0 fully saturated rings. The van der Waals surface area contributed by atoms with Crippen LogP contribution in [0.25, 0.3) is 0 Å². The van der Waals surface area contributed by atoms with E-state index in [1.165, 1.54) is 0 Å². The van der Waals surface area contributed by atoms with Crippen LogP contribution in [0.5, 0.6) is 5.75 Å². The lowest BCUT2D eigenvalue weighted by Crippen LogP contribution is -2.03. The molecule has 1 N–H and O–H groups in total.